The third kappa shape index (κ3) is 2.47. The van der Waals surface area contributed by atoms with Crippen molar-refractivity contribution in [3.05, 3.63) is 46.3 Å². The Morgan fingerprint density at radius 1 is 1.38 bits per heavy atom. The van der Waals surface area contributed by atoms with Gasteiger partial charge in [0.15, 0.2) is 0 Å². The fourth-order valence-electron chi connectivity index (χ4n) is 1.07. The van der Waals surface area contributed by atoms with E-state index in [1.54, 1.807) is 19.1 Å². The molecule has 0 amide bonds. The number of nitrogens with zero attached hydrogens (tertiary/aromatic N) is 3. The molecule has 1 N–H and O–H groups in total. The minimum absolute atomic E-state index is 0.438. The summed E-state index contributed by atoms with van der Waals surface area (Å²) in [7, 11) is 0. The molecule has 0 spiro atoms. The van der Waals surface area contributed by atoms with E-state index >= 15 is 0 Å². The molecule has 0 aromatic heterocycles. The highest BCUT2D eigenvalue weighted by Gasteiger charge is 2.13. The van der Waals surface area contributed by atoms with E-state index in [1.807, 2.05) is 18.2 Å². The molecular formula is C9H11N3O. The summed E-state index contributed by atoms with van der Waals surface area (Å²) in [5.74, 6) is 0. The van der Waals surface area contributed by atoms with Crippen molar-refractivity contribution >= 4 is 0 Å². The van der Waals surface area contributed by atoms with E-state index in [0.717, 1.165) is 5.56 Å². The molecule has 1 aromatic carbocycles. The molecule has 2 atom stereocenters. The van der Waals surface area contributed by atoms with Crippen LogP contribution < -0.4 is 0 Å². The van der Waals surface area contributed by atoms with Gasteiger partial charge in [-0.3, -0.25) is 0 Å². The normalized spacial score (nSPS) is 14.3. The minimum Gasteiger partial charge on any atom is -0.388 e. The van der Waals surface area contributed by atoms with Crippen molar-refractivity contribution in [3.63, 3.8) is 0 Å². The van der Waals surface area contributed by atoms with Crippen molar-refractivity contribution in [1.82, 2.24) is 0 Å². The van der Waals surface area contributed by atoms with E-state index in [9.17, 15) is 5.11 Å². The number of aliphatic hydroxyl groups is 1. The molecule has 4 heteroatoms. The van der Waals surface area contributed by atoms with Gasteiger partial charge in [0, 0.05) is 4.91 Å². The lowest BCUT2D eigenvalue weighted by atomic mass is 10.0. The van der Waals surface area contributed by atoms with Crippen LogP contribution in [-0.4, -0.2) is 11.1 Å². The van der Waals surface area contributed by atoms with E-state index in [1.165, 1.54) is 0 Å². The van der Waals surface area contributed by atoms with Crippen LogP contribution in [0.4, 0.5) is 0 Å². The first-order valence-corrected chi connectivity index (χ1v) is 4.03. The summed E-state index contributed by atoms with van der Waals surface area (Å²) in [5, 5.41) is 13.1. The molecule has 0 bridgehead atoms. The Kier molecular flexibility index (Phi) is 3.31. The van der Waals surface area contributed by atoms with Gasteiger partial charge in [0.25, 0.3) is 0 Å². The van der Waals surface area contributed by atoms with Crippen LogP contribution in [0.15, 0.2) is 35.4 Å². The van der Waals surface area contributed by atoms with Gasteiger partial charge in [0.2, 0.25) is 0 Å². The molecule has 1 rings (SSSR count). The van der Waals surface area contributed by atoms with Crippen molar-refractivity contribution in [2.24, 2.45) is 5.11 Å². The summed E-state index contributed by atoms with van der Waals surface area (Å²) >= 11 is 0. The first kappa shape index (κ1) is 9.58. The smallest absolute Gasteiger partial charge is 0.0872 e. The molecule has 0 radical (unpaired) electrons. The third-order valence-corrected chi connectivity index (χ3v) is 1.83. The van der Waals surface area contributed by atoms with Crippen molar-refractivity contribution < 1.29 is 5.11 Å². The zero-order valence-electron chi connectivity index (χ0n) is 7.33. The van der Waals surface area contributed by atoms with Crippen LogP contribution in [0.25, 0.3) is 10.4 Å². The number of benzene rings is 1. The van der Waals surface area contributed by atoms with Crippen molar-refractivity contribution in [1.29, 1.82) is 0 Å². The quantitative estimate of drug-likeness (QED) is 0.430. The maximum Gasteiger partial charge on any atom is 0.0872 e. The molecule has 0 aliphatic carbocycles. The van der Waals surface area contributed by atoms with Crippen LogP contribution in [0.3, 0.4) is 0 Å². The Labute approximate surface area is 76.5 Å². The number of rotatable bonds is 3. The molecule has 4 nitrogen and oxygen atoms in total. The Hall–Kier alpha value is -1.51. The van der Waals surface area contributed by atoms with Gasteiger partial charge in [-0.15, -0.1) is 0 Å². The maximum absolute atomic E-state index is 9.66. The molecule has 0 aliphatic heterocycles. The second-order valence-corrected chi connectivity index (χ2v) is 2.80. The van der Waals surface area contributed by atoms with Gasteiger partial charge in [-0.2, -0.15) is 0 Å². The zero-order valence-corrected chi connectivity index (χ0v) is 7.33. The highest BCUT2D eigenvalue weighted by atomic mass is 16.3. The summed E-state index contributed by atoms with van der Waals surface area (Å²) < 4.78 is 0. The lowest BCUT2D eigenvalue weighted by Crippen LogP contribution is -2.11. The Morgan fingerprint density at radius 2 is 2.00 bits per heavy atom. The Morgan fingerprint density at radius 3 is 2.54 bits per heavy atom. The maximum atomic E-state index is 9.66. The minimum atomic E-state index is -0.725. The fraction of sp³-hybridized carbons (Fsp3) is 0.333. The van der Waals surface area contributed by atoms with Crippen LogP contribution in [0.2, 0.25) is 0 Å². The van der Waals surface area contributed by atoms with E-state index in [-0.39, 0.29) is 0 Å². The Bertz CT molecular complexity index is 306. The second kappa shape index (κ2) is 4.50. The van der Waals surface area contributed by atoms with Crippen LogP contribution >= 0.6 is 0 Å². The molecule has 0 aliphatic rings. The largest absolute Gasteiger partial charge is 0.388 e. The monoisotopic (exact) mass is 177 g/mol. The van der Waals surface area contributed by atoms with Crippen LogP contribution in [0.5, 0.6) is 0 Å². The summed E-state index contributed by atoms with van der Waals surface area (Å²) in [6.45, 7) is 1.68. The highest BCUT2D eigenvalue weighted by Crippen LogP contribution is 2.18. The molecule has 0 fully saturated rings. The summed E-state index contributed by atoms with van der Waals surface area (Å²) in [4.78, 5) is 2.65. The molecular weight excluding hydrogens is 166 g/mol. The molecule has 1 aromatic rings. The summed E-state index contributed by atoms with van der Waals surface area (Å²) in [6, 6.07) is 8.70. The third-order valence-electron chi connectivity index (χ3n) is 1.83. The van der Waals surface area contributed by atoms with E-state index in [2.05, 4.69) is 10.0 Å². The van der Waals surface area contributed by atoms with Gasteiger partial charge in [-0.1, -0.05) is 42.4 Å². The van der Waals surface area contributed by atoms with E-state index in [4.69, 9.17) is 5.53 Å². The predicted octanol–water partition coefficient (Wildman–Crippen LogP) is 2.42. The summed E-state index contributed by atoms with van der Waals surface area (Å²) in [6.07, 6.45) is -0.725. The van der Waals surface area contributed by atoms with Gasteiger partial charge in [-0.25, -0.2) is 0 Å². The SMILES string of the molecule is CC(N=[N+]=[N-])C(O)c1ccccc1. The number of hydrogen-bond acceptors (Lipinski definition) is 2. The number of aliphatic hydroxyl groups excluding tert-OH is 1. The van der Waals surface area contributed by atoms with Gasteiger partial charge in [-0.05, 0) is 11.1 Å². The van der Waals surface area contributed by atoms with E-state index in [0.29, 0.717) is 0 Å². The molecule has 68 valence electrons. The van der Waals surface area contributed by atoms with Gasteiger partial charge >= 0.3 is 0 Å². The predicted molar refractivity (Wildman–Crippen MR) is 50.0 cm³/mol. The van der Waals surface area contributed by atoms with Gasteiger partial charge in [0.05, 0.1) is 12.1 Å². The first-order chi connectivity index (χ1) is 6.25. The molecule has 2 unspecified atom stereocenters. The van der Waals surface area contributed by atoms with Crippen LogP contribution in [0.1, 0.15) is 18.6 Å². The topological polar surface area (TPSA) is 69.0 Å². The Balaban J connectivity index is 2.79. The molecule has 13 heavy (non-hydrogen) atoms. The number of hydrogen-bond donors (Lipinski definition) is 1. The average Bonchev–Trinajstić information content (AvgIpc) is 2.18. The van der Waals surface area contributed by atoms with Crippen molar-refractivity contribution in [2.45, 2.75) is 19.1 Å². The van der Waals surface area contributed by atoms with E-state index < -0.39 is 12.1 Å². The molecule has 0 saturated carbocycles. The lowest BCUT2D eigenvalue weighted by molar-refractivity contribution is 0.153. The van der Waals surface area contributed by atoms with Crippen LogP contribution in [0, 0.1) is 0 Å². The second-order valence-electron chi connectivity index (χ2n) is 2.80. The number of azide groups is 1. The van der Waals surface area contributed by atoms with Crippen LogP contribution in [-0.2, 0) is 0 Å². The lowest BCUT2D eigenvalue weighted by Gasteiger charge is -2.13. The zero-order chi connectivity index (χ0) is 9.68. The van der Waals surface area contributed by atoms with Gasteiger partial charge < -0.3 is 5.11 Å². The fourth-order valence-corrected chi connectivity index (χ4v) is 1.07. The van der Waals surface area contributed by atoms with Gasteiger partial charge in [0.1, 0.15) is 0 Å². The molecule has 0 heterocycles. The summed E-state index contributed by atoms with van der Waals surface area (Å²) in [5.41, 5.74) is 8.95. The highest BCUT2D eigenvalue weighted by molar-refractivity contribution is 5.18. The molecule has 0 saturated heterocycles. The average molecular weight is 177 g/mol. The van der Waals surface area contributed by atoms with Crippen molar-refractivity contribution in [2.75, 3.05) is 0 Å². The first-order valence-electron chi connectivity index (χ1n) is 4.03. The van der Waals surface area contributed by atoms with Crippen molar-refractivity contribution in [3.8, 4) is 0 Å². The standard InChI is InChI=1S/C9H11N3O/c1-7(11-12-10)9(13)8-5-3-2-4-6-8/h2-7,9,13H,1H3.